The van der Waals surface area contributed by atoms with E-state index in [4.69, 9.17) is 4.98 Å². The van der Waals surface area contributed by atoms with E-state index in [-0.39, 0.29) is 5.91 Å². The van der Waals surface area contributed by atoms with Crippen LogP contribution in [0.5, 0.6) is 0 Å². The Morgan fingerprint density at radius 3 is 2.33 bits per heavy atom. The summed E-state index contributed by atoms with van der Waals surface area (Å²) in [4.78, 5) is 17.6. The maximum Gasteiger partial charge on any atom is 0.272 e. The Balaban J connectivity index is 1.60. The van der Waals surface area contributed by atoms with Crippen LogP contribution >= 0.6 is 0 Å². The van der Waals surface area contributed by atoms with Crippen LogP contribution in [-0.2, 0) is 0 Å². The summed E-state index contributed by atoms with van der Waals surface area (Å²) in [5, 5.41) is 4.93. The summed E-state index contributed by atoms with van der Waals surface area (Å²) in [6, 6.07) is 29.3. The normalized spacial score (nSPS) is 11.7. The Bertz CT molecular complexity index is 1230. The van der Waals surface area contributed by atoms with Gasteiger partial charge in [-0.05, 0) is 30.2 Å². The van der Waals surface area contributed by atoms with Gasteiger partial charge >= 0.3 is 0 Å². The Kier molecular flexibility index (Phi) is 5.76. The Morgan fingerprint density at radius 2 is 1.57 bits per heavy atom. The minimum absolute atomic E-state index is 0.269. The molecule has 1 amide bonds. The lowest BCUT2D eigenvalue weighted by Crippen LogP contribution is -2.18. The van der Waals surface area contributed by atoms with Crippen molar-refractivity contribution >= 4 is 29.1 Å². The second-order valence-corrected chi connectivity index (χ2v) is 6.94. The van der Waals surface area contributed by atoms with E-state index in [2.05, 4.69) is 10.5 Å². The Hall–Kier alpha value is -4.05. The molecule has 30 heavy (non-hydrogen) atoms. The van der Waals surface area contributed by atoms with Crippen LogP contribution in [0.4, 0.5) is 0 Å². The van der Waals surface area contributed by atoms with Crippen molar-refractivity contribution in [2.24, 2.45) is 5.10 Å². The van der Waals surface area contributed by atoms with Crippen molar-refractivity contribution in [2.45, 2.75) is 6.92 Å². The average molecular weight is 391 g/mol. The highest BCUT2D eigenvalue weighted by atomic mass is 16.2. The minimum atomic E-state index is -0.269. The molecule has 4 nitrogen and oxygen atoms in total. The van der Waals surface area contributed by atoms with Gasteiger partial charge in [0.25, 0.3) is 5.91 Å². The first-order chi connectivity index (χ1) is 14.7. The third-order valence-electron chi connectivity index (χ3n) is 4.66. The molecular formula is C26H21N3O. The predicted octanol–water partition coefficient (Wildman–Crippen LogP) is 5.72. The number of hydrogen-bond donors (Lipinski definition) is 1. The van der Waals surface area contributed by atoms with Crippen molar-refractivity contribution in [1.29, 1.82) is 0 Å². The van der Waals surface area contributed by atoms with E-state index in [9.17, 15) is 4.79 Å². The lowest BCUT2D eigenvalue weighted by molar-refractivity contribution is 0.0956. The molecule has 4 heteroatoms. The number of hydrazone groups is 1. The summed E-state index contributed by atoms with van der Waals surface area (Å²) in [5.74, 6) is -0.269. The molecular weight excluding hydrogens is 370 g/mol. The van der Waals surface area contributed by atoms with Crippen LogP contribution in [0.3, 0.4) is 0 Å². The van der Waals surface area contributed by atoms with Gasteiger partial charge < -0.3 is 0 Å². The largest absolute Gasteiger partial charge is 0.272 e. The number of carbonyl (C=O) groups excluding carboxylic acids is 1. The van der Waals surface area contributed by atoms with E-state index in [1.54, 1.807) is 6.21 Å². The van der Waals surface area contributed by atoms with Gasteiger partial charge in [0, 0.05) is 10.9 Å². The zero-order chi connectivity index (χ0) is 20.8. The van der Waals surface area contributed by atoms with Crippen molar-refractivity contribution in [3.05, 3.63) is 108 Å². The molecule has 0 radical (unpaired) electrons. The number of nitrogens with one attached hydrogen (secondary N) is 1. The number of amides is 1. The van der Waals surface area contributed by atoms with E-state index in [1.165, 1.54) is 0 Å². The molecule has 0 saturated carbocycles. The van der Waals surface area contributed by atoms with Gasteiger partial charge in [-0.3, -0.25) is 4.79 Å². The summed E-state index contributed by atoms with van der Waals surface area (Å²) in [7, 11) is 0. The molecule has 1 heterocycles. The van der Waals surface area contributed by atoms with Gasteiger partial charge in [0.2, 0.25) is 0 Å². The zero-order valence-electron chi connectivity index (χ0n) is 16.6. The van der Waals surface area contributed by atoms with Gasteiger partial charge in [0.1, 0.15) is 0 Å². The van der Waals surface area contributed by atoms with Crippen LogP contribution in [0, 0.1) is 0 Å². The maximum atomic E-state index is 12.9. The number of carbonyl (C=O) groups is 1. The highest BCUT2D eigenvalue weighted by Gasteiger charge is 2.13. The molecule has 0 aliphatic carbocycles. The molecule has 0 spiro atoms. The van der Waals surface area contributed by atoms with Crippen molar-refractivity contribution in [3.63, 3.8) is 0 Å². The van der Waals surface area contributed by atoms with Crippen LogP contribution in [0.15, 0.2) is 102 Å². The van der Waals surface area contributed by atoms with Gasteiger partial charge in [-0.1, -0.05) is 84.9 Å². The van der Waals surface area contributed by atoms with Crippen LogP contribution in [-0.4, -0.2) is 17.1 Å². The molecule has 0 saturated heterocycles. The number of allylic oxidation sites excluding steroid dienone is 1. The zero-order valence-corrected chi connectivity index (χ0v) is 16.6. The minimum Gasteiger partial charge on any atom is -0.267 e. The van der Waals surface area contributed by atoms with Gasteiger partial charge in [0.05, 0.1) is 23.0 Å². The number of hydrogen-bond acceptors (Lipinski definition) is 3. The fourth-order valence-electron chi connectivity index (χ4n) is 3.22. The molecule has 1 N–H and O–H groups in total. The van der Waals surface area contributed by atoms with Crippen molar-refractivity contribution < 1.29 is 4.79 Å². The quantitative estimate of drug-likeness (QED) is 0.349. The SMILES string of the molecule is CC(/C=N\NC(=O)c1cc(-c2ccccc2)nc2ccccc12)=C\c1ccccc1. The van der Waals surface area contributed by atoms with E-state index < -0.39 is 0 Å². The molecule has 0 atom stereocenters. The van der Waals surface area contributed by atoms with E-state index in [1.807, 2.05) is 104 Å². The number of nitrogens with zero attached hydrogens (tertiary/aromatic N) is 2. The first kappa shape index (κ1) is 19.3. The predicted molar refractivity (Wildman–Crippen MR) is 123 cm³/mol. The molecule has 146 valence electrons. The third-order valence-corrected chi connectivity index (χ3v) is 4.66. The third kappa shape index (κ3) is 4.50. The van der Waals surface area contributed by atoms with E-state index in [0.717, 1.165) is 33.3 Å². The van der Waals surface area contributed by atoms with Crippen molar-refractivity contribution in [2.75, 3.05) is 0 Å². The molecule has 4 rings (SSSR count). The molecule has 0 aliphatic heterocycles. The molecule has 1 aromatic heterocycles. The second kappa shape index (κ2) is 8.97. The molecule has 3 aromatic carbocycles. The molecule has 0 aliphatic rings. The number of benzene rings is 3. The standard InChI is InChI=1S/C26H21N3O/c1-19(16-20-10-4-2-5-11-20)18-27-29-26(30)23-17-25(21-12-6-3-7-13-21)28-24-15-9-8-14-22(23)24/h2-18H,1H3,(H,29,30)/b19-16+,27-18-. The van der Waals surface area contributed by atoms with Crippen LogP contribution in [0.2, 0.25) is 0 Å². The van der Waals surface area contributed by atoms with Gasteiger partial charge in [-0.15, -0.1) is 0 Å². The highest BCUT2D eigenvalue weighted by Crippen LogP contribution is 2.24. The fourth-order valence-corrected chi connectivity index (χ4v) is 3.22. The van der Waals surface area contributed by atoms with Gasteiger partial charge in [-0.2, -0.15) is 5.10 Å². The molecule has 4 aromatic rings. The van der Waals surface area contributed by atoms with E-state index >= 15 is 0 Å². The van der Waals surface area contributed by atoms with Crippen molar-refractivity contribution in [1.82, 2.24) is 10.4 Å². The van der Waals surface area contributed by atoms with Crippen molar-refractivity contribution in [3.8, 4) is 11.3 Å². The summed E-state index contributed by atoms with van der Waals surface area (Å²) in [6.45, 7) is 1.94. The first-order valence-corrected chi connectivity index (χ1v) is 9.73. The summed E-state index contributed by atoms with van der Waals surface area (Å²) in [6.07, 6.45) is 3.65. The summed E-state index contributed by atoms with van der Waals surface area (Å²) < 4.78 is 0. The van der Waals surface area contributed by atoms with Gasteiger partial charge in [0.15, 0.2) is 0 Å². The Labute approximate surface area is 175 Å². The summed E-state index contributed by atoms with van der Waals surface area (Å²) >= 11 is 0. The van der Waals surface area contributed by atoms with Gasteiger partial charge in [-0.25, -0.2) is 10.4 Å². The molecule has 0 unspecified atom stereocenters. The lowest BCUT2D eigenvalue weighted by atomic mass is 10.0. The smallest absolute Gasteiger partial charge is 0.267 e. The second-order valence-electron chi connectivity index (χ2n) is 6.94. The molecule has 0 fully saturated rings. The van der Waals surface area contributed by atoms with Crippen LogP contribution < -0.4 is 5.43 Å². The summed E-state index contributed by atoms with van der Waals surface area (Å²) in [5.41, 5.74) is 7.70. The average Bonchev–Trinajstić information content (AvgIpc) is 2.79. The maximum absolute atomic E-state index is 12.9. The molecule has 0 bridgehead atoms. The van der Waals surface area contributed by atoms with Crippen LogP contribution in [0.1, 0.15) is 22.8 Å². The van der Waals surface area contributed by atoms with Crippen LogP contribution in [0.25, 0.3) is 28.2 Å². The lowest BCUT2D eigenvalue weighted by Gasteiger charge is -2.09. The number of para-hydroxylation sites is 1. The number of pyridine rings is 1. The monoisotopic (exact) mass is 391 g/mol. The highest BCUT2D eigenvalue weighted by molar-refractivity contribution is 6.07. The Morgan fingerprint density at radius 1 is 0.900 bits per heavy atom. The topological polar surface area (TPSA) is 54.4 Å². The first-order valence-electron chi connectivity index (χ1n) is 9.73. The fraction of sp³-hybridized carbons (Fsp3) is 0.0385. The number of aromatic nitrogens is 1. The number of rotatable bonds is 5. The van der Waals surface area contributed by atoms with E-state index in [0.29, 0.717) is 5.56 Å². The number of fused-ring (bicyclic) bond motifs is 1.